The summed E-state index contributed by atoms with van der Waals surface area (Å²) < 4.78 is 0. The summed E-state index contributed by atoms with van der Waals surface area (Å²) in [6.07, 6.45) is 8.91. The number of likely N-dealkylation sites (tertiary alicyclic amines) is 1. The van der Waals surface area contributed by atoms with Crippen molar-refractivity contribution in [1.82, 2.24) is 10.2 Å². The lowest BCUT2D eigenvalue weighted by Gasteiger charge is -2.37. The molecule has 0 radical (unpaired) electrons. The summed E-state index contributed by atoms with van der Waals surface area (Å²) in [4.78, 5) is 2.88. The van der Waals surface area contributed by atoms with E-state index < -0.39 is 0 Å². The van der Waals surface area contributed by atoms with E-state index in [9.17, 15) is 0 Å². The molecule has 84 valence electrons. The highest BCUT2D eigenvalue weighted by atomic mass is 15.3. The van der Waals surface area contributed by atoms with Gasteiger partial charge in [0.15, 0.2) is 0 Å². The van der Waals surface area contributed by atoms with E-state index in [0.717, 1.165) is 11.3 Å². The first-order chi connectivity index (χ1) is 7.40. The number of hydrogen-bond donors (Lipinski definition) is 1. The topological polar surface area (TPSA) is 15.3 Å². The van der Waals surface area contributed by atoms with Crippen molar-refractivity contribution in [1.29, 1.82) is 0 Å². The Bertz CT molecular complexity index is 280. The molecule has 2 heterocycles. The fourth-order valence-corrected chi connectivity index (χ4v) is 5.35. The number of piperidine rings is 2. The lowest BCUT2D eigenvalue weighted by Crippen LogP contribution is -2.47. The molecule has 0 unspecified atom stereocenters. The van der Waals surface area contributed by atoms with Crippen LogP contribution in [0, 0.1) is 11.3 Å². The second kappa shape index (κ2) is 2.78. The van der Waals surface area contributed by atoms with Crippen LogP contribution in [-0.2, 0) is 0 Å². The van der Waals surface area contributed by atoms with Gasteiger partial charge in [0.2, 0.25) is 0 Å². The summed E-state index contributed by atoms with van der Waals surface area (Å²) in [6.45, 7) is 5.41. The third-order valence-corrected chi connectivity index (χ3v) is 5.89. The zero-order valence-electron chi connectivity index (χ0n) is 9.60. The molecule has 2 aliphatic carbocycles. The highest BCUT2D eigenvalue weighted by molar-refractivity contribution is 5.35. The average Bonchev–Trinajstić information content (AvgIpc) is 2.70. The first kappa shape index (κ1) is 9.00. The van der Waals surface area contributed by atoms with Gasteiger partial charge >= 0.3 is 0 Å². The van der Waals surface area contributed by atoms with Gasteiger partial charge in [-0.3, -0.25) is 4.90 Å². The van der Waals surface area contributed by atoms with Gasteiger partial charge in [0.05, 0.1) is 0 Å². The molecule has 0 aromatic rings. The number of hydrogen-bond acceptors (Lipinski definition) is 2. The highest BCUT2D eigenvalue weighted by Gasteiger charge is 2.81. The molecule has 3 atom stereocenters. The molecule has 15 heavy (non-hydrogen) atoms. The van der Waals surface area contributed by atoms with Crippen LogP contribution >= 0.6 is 0 Å². The Kier molecular flexibility index (Phi) is 1.67. The van der Waals surface area contributed by atoms with E-state index in [2.05, 4.69) is 10.2 Å². The molecule has 4 aliphatic rings. The summed E-state index contributed by atoms with van der Waals surface area (Å²) in [7, 11) is 0. The lowest BCUT2D eigenvalue weighted by atomic mass is 9.95. The van der Waals surface area contributed by atoms with Crippen LogP contribution in [-0.4, -0.2) is 36.6 Å². The Hall–Kier alpha value is -0.0800. The van der Waals surface area contributed by atoms with Gasteiger partial charge in [0, 0.05) is 24.0 Å². The molecule has 4 rings (SSSR count). The van der Waals surface area contributed by atoms with E-state index in [1.165, 1.54) is 64.7 Å². The zero-order valence-corrected chi connectivity index (χ0v) is 9.60. The van der Waals surface area contributed by atoms with E-state index in [4.69, 9.17) is 0 Å². The van der Waals surface area contributed by atoms with Gasteiger partial charge in [0.25, 0.3) is 0 Å². The van der Waals surface area contributed by atoms with Crippen LogP contribution < -0.4 is 5.32 Å². The highest BCUT2D eigenvalue weighted by Crippen LogP contribution is 2.75. The standard InChI is InChI=1S/C13H22N2/c1-2-7-15(8-3-1)13-10-14-9-12(13)6-4-5-11(12)13/h11,14H,1-10H2/t11-,12+,13+/m1/s1. The van der Waals surface area contributed by atoms with E-state index in [0.29, 0.717) is 5.54 Å². The fourth-order valence-electron chi connectivity index (χ4n) is 5.35. The molecule has 1 spiro atoms. The van der Waals surface area contributed by atoms with E-state index in [1.54, 1.807) is 0 Å². The predicted octanol–water partition coefficient (Wildman–Crippen LogP) is 1.61. The van der Waals surface area contributed by atoms with Crippen LogP contribution in [0.5, 0.6) is 0 Å². The van der Waals surface area contributed by atoms with Crippen molar-refractivity contribution in [3.8, 4) is 0 Å². The van der Waals surface area contributed by atoms with Crippen LogP contribution in [0.25, 0.3) is 0 Å². The molecule has 1 N–H and O–H groups in total. The fraction of sp³-hybridized carbons (Fsp3) is 1.00. The summed E-state index contributed by atoms with van der Waals surface area (Å²) in [5.74, 6) is 1.07. The van der Waals surface area contributed by atoms with Crippen molar-refractivity contribution in [3.63, 3.8) is 0 Å². The molecule has 2 aliphatic heterocycles. The van der Waals surface area contributed by atoms with Crippen molar-refractivity contribution in [2.45, 2.75) is 44.1 Å². The lowest BCUT2D eigenvalue weighted by molar-refractivity contribution is 0.116. The molecule has 2 nitrogen and oxygen atoms in total. The minimum absolute atomic E-state index is 0.645. The van der Waals surface area contributed by atoms with Gasteiger partial charge < -0.3 is 5.32 Å². The molecular formula is C13H22N2. The van der Waals surface area contributed by atoms with E-state index in [-0.39, 0.29) is 0 Å². The van der Waals surface area contributed by atoms with Crippen molar-refractivity contribution >= 4 is 0 Å². The minimum Gasteiger partial charge on any atom is -0.314 e. The molecule has 2 saturated carbocycles. The summed E-state index contributed by atoms with van der Waals surface area (Å²) in [5, 5.41) is 3.68. The predicted molar refractivity (Wildman–Crippen MR) is 60.8 cm³/mol. The van der Waals surface area contributed by atoms with Gasteiger partial charge in [-0.25, -0.2) is 0 Å². The number of nitrogens with one attached hydrogen (secondary N) is 1. The molecule has 0 amide bonds. The Balaban J connectivity index is 1.65. The third-order valence-electron chi connectivity index (χ3n) is 5.89. The van der Waals surface area contributed by atoms with Gasteiger partial charge in [-0.1, -0.05) is 12.8 Å². The number of nitrogens with zero attached hydrogens (tertiary/aromatic N) is 1. The van der Waals surface area contributed by atoms with Crippen LogP contribution in [0.3, 0.4) is 0 Å². The summed E-state index contributed by atoms with van der Waals surface area (Å²) in [5.41, 5.74) is 1.38. The molecular weight excluding hydrogens is 184 g/mol. The molecule has 0 aromatic carbocycles. The smallest absolute Gasteiger partial charge is 0.0440 e. The van der Waals surface area contributed by atoms with Crippen LogP contribution in [0.4, 0.5) is 0 Å². The molecule has 2 saturated heterocycles. The van der Waals surface area contributed by atoms with Gasteiger partial charge in [-0.15, -0.1) is 0 Å². The Morgan fingerprint density at radius 2 is 1.87 bits per heavy atom. The second-order valence-corrected chi connectivity index (χ2v) is 6.18. The third kappa shape index (κ3) is 0.861. The number of fused-ring (bicyclic) bond motifs is 1. The molecule has 2 heteroatoms. The minimum atomic E-state index is 0.645. The Labute approximate surface area is 92.4 Å². The maximum absolute atomic E-state index is 3.68. The average molecular weight is 206 g/mol. The van der Waals surface area contributed by atoms with Crippen molar-refractivity contribution in [3.05, 3.63) is 0 Å². The van der Waals surface area contributed by atoms with Gasteiger partial charge in [-0.2, -0.15) is 0 Å². The SMILES string of the molecule is C1CCN([C@]23CNC[C@]24CCC[C@H]43)CC1. The Morgan fingerprint density at radius 3 is 2.67 bits per heavy atom. The van der Waals surface area contributed by atoms with Crippen LogP contribution in [0.15, 0.2) is 0 Å². The number of rotatable bonds is 1. The maximum Gasteiger partial charge on any atom is 0.0440 e. The first-order valence-corrected chi connectivity index (χ1v) is 6.86. The van der Waals surface area contributed by atoms with Crippen LogP contribution in [0.1, 0.15) is 38.5 Å². The zero-order chi connectivity index (χ0) is 9.93. The van der Waals surface area contributed by atoms with E-state index in [1.807, 2.05) is 0 Å². The quantitative estimate of drug-likeness (QED) is 0.701. The molecule has 0 aromatic heterocycles. The monoisotopic (exact) mass is 206 g/mol. The molecule has 4 fully saturated rings. The van der Waals surface area contributed by atoms with Crippen LogP contribution in [0.2, 0.25) is 0 Å². The maximum atomic E-state index is 3.68. The van der Waals surface area contributed by atoms with Crippen molar-refractivity contribution < 1.29 is 0 Å². The van der Waals surface area contributed by atoms with Gasteiger partial charge in [0.1, 0.15) is 0 Å². The normalized spacial score (nSPS) is 54.0. The van der Waals surface area contributed by atoms with E-state index >= 15 is 0 Å². The summed E-state index contributed by atoms with van der Waals surface area (Å²) >= 11 is 0. The largest absolute Gasteiger partial charge is 0.314 e. The Morgan fingerprint density at radius 1 is 1.00 bits per heavy atom. The summed E-state index contributed by atoms with van der Waals surface area (Å²) in [6, 6.07) is 0. The van der Waals surface area contributed by atoms with Crippen molar-refractivity contribution in [2.24, 2.45) is 11.3 Å². The second-order valence-electron chi connectivity index (χ2n) is 6.18. The van der Waals surface area contributed by atoms with Gasteiger partial charge in [-0.05, 0) is 44.7 Å². The molecule has 0 bridgehead atoms. The first-order valence-electron chi connectivity index (χ1n) is 6.86. The van der Waals surface area contributed by atoms with Crippen molar-refractivity contribution in [2.75, 3.05) is 26.2 Å².